The Labute approximate surface area is 458 Å². The van der Waals surface area contributed by atoms with Crippen molar-refractivity contribution in [2.45, 2.75) is 135 Å². The number of nitrogens with one attached hydrogen (secondary N) is 3. The van der Waals surface area contributed by atoms with E-state index in [1.54, 1.807) is 0 Å². The van der Waals surface area contributed by atoms with Gasteiger partial charge in [-0.25, -0.2) is 0 Å². The Bertz CT molecular complexity index is 1630. The van der Waals surface area contributed by atoms with Crippen molar-refractivity contribution in [2.75, 3.05) is 125 Å². The summed E-state index contributed by atoms with van der Waals surface area (Å²) >= 11 is 0. The van der Waals surface area contributed by atoms with Crippen LogP contribution in [0.15, 0.2) is 60.7 Å². The number of unbranched alkanes of at least 4 members (excludes halogenated alkanes) is 9. The zero-order valence-electron chi connectivity index (χ0n) is 46.1. The molecule has 0 spiro atoms. The third-order valence-electron chi connectivity index (χ3n) is 11.6. The third-order valence-corrected chi connectivity index (χ3v) is 11.6. The highest BCUT2D eigenvalue weighted by molar-refractivity contribution is 5.78. The molecule has 19 heteroatoms. The maximum absolute atomic E-state index is 12.2. The molecule has 0 aliphatic heterocycles. The molecule has 436 valence electrons. The van der Waals surface area contributed by atoms with Crippen LogP contribution in [0.5, 0.6) is 0 Å². The summed E-state index contributed by atoms with van der Waals surface area (Å²) in [4.78, 5) is 72.1. The summed E-state index contributed by atoms with van der Waals surface area (Å²) in [6.45, 7) is 8.40. The number of hydrogen-bond acceptors (Lipinski definition) is 16. The lowest BCUT2D eigenvalue weighted by molar-refractivity contribution is -0.147. The molecule has 0 fully saturated rings. The number of esters is 2. The molecule has 2 rings (SSSR count). The van der Waals surface area contributed by atoms with Crippen molar-refractivity contribution >= 4 is 35.4 Å². The molecule has 0 aliphatic carbocycles. The van der Waals surface area contributed by atoms with Crippen molar-refractivity contribution in [1.82, 2.24) is 16.0 Å². The largest absolute Gasteiger partial charge is 0.461 e. The van der Waals surface area contributed by atoms with E-state index < -0.39 is 0 Å². The minimum Gasteiger partial charge on any atom is -0.461 e. The number of benzene rings is 2. The SMILES string of the molecule is O=C(CCCCCCCCC(=O)NCCOCCOCCOCCC(=O)OCc1ccccc1)CCOCCCOCCC(=O)NCCCCCCCC(=O)NCCOCCOCCOCCC(=O)OCc1ccccc1. The van der Waals surface area contributed by atoms with E-state index in [1.165, 1.54) is 0 Å². The van der Waals surface area contributed by atoms with Gasteiger partial charge in [-0.15, -0.1) is 0 Å². The molecule has 77 heavy (non-hydrogen) atoms. The monoisotopic (exact) mass is 1090 g/mol. The van der Waals surface area contributed by atoms with Crippen LogP contribution in [0.25, 0.3) is 0 Å². The van der Waals surface area contributed by atoms with E-state index in [-0.39, 0.29) is 74.7 Å². The van der Waals surface area contributed by atoms with Crippen molar-refractivity contribution in [3.8, 4) is 0 Å². The lowest BCUT2D eigenvalue weighted by Gasteiger charge is -2.08. The molecular formula is C58H93N3O16. The predicted octanol–water partition coefficient (Wildman–Crippen LogP) is 6.94. The van der Waals surface area contributed by atoms with Crippen LogP contribution in [-0.4, -0.2) is 161 Å². The maximum Gasteiger partial charge on any atom is 0.308 e. The highest BCUT2D eigenvalue weighted by atomic mass is 16.6. The van der Waals surface area contributed by atoms with E-state index in [0.717, 1.165) is 81.8 Å². The van der Waals surface area contributed by atoms with Crippen LogP contribution in [0.4, 0.5) is 0 Å². The molecule has 0 saturated carbocycles. The van der Waals surface area contributed by atoms with Crippen molar-refractivity contribution in [3.63, 3.8) is 0 Å². The quantitative estimate of drug-likeness (QED) is 0.0450. The van der Waals surface area contributed by atoms with Gasteiger partial charge in [0, 0.05) is 65.0 Å². The Balaban J connectivity index is 1.19. The van der Waals surface area contributed by atoms with Crippen LogP contribution < -0.4 is 16.0 Å². The molecule has 0 radical (unpaired) electrons. The van der Waals surface area contributed by atoms with Gasteiger partial charge in [-0.2, -0.15) is 0 Å². The summed E-state index contributed by atoms with van der Waals surface area (Å²) in [5.41, 5.74) is 1.89. The smallest absolute Gasteiger partial charge is 0.308 e. The van der Waals surface area contributed by atoms with Crippen molar-refractivity contribution in [3.05, 3.63) is 71.8 Å². The molecule has 0 saturated heterocycles. The van der Waals surface area contributed by atoms with Crippen LogP contribution in [0, 0.1) is 0 Å². The minimum absolute atomic E-state index is 0.0124. The van der Waals surface area contributed by atoms with E-state index >= 15 is 0 Å². The summed E-state index contributed by atoms with van der Waals surface area (Å²) in [7, 11) is 0. The molecule has 0 aromatic heterocycles. The topological polar surface area (TPSA) is 231 Å². The Kier molecular flexibility index (Phi) is 46.0. The van der Waals surface area contributed by atoms with E-state index in [2.05, 4.69) is 16.0 Å². The third kappa shape index (κ3) is 46.9. The van der Waals surface area contributed by atoms with Crippen molar-refractivity contribution in [1.29, 1.82) is 0 Å². The molecule has 3 N–H and O–H groups in total. The second-order valence-corrected chi connectivity index (χ2v) is 18.3. The first-order valence-electron chi connectivity index (χ1n) is 28.1. The van der Waals surface area contributed by atoms with Gasteiger partial charge in [0.05, 0.1) is 105 Å². The molecule has 0 aliphatic rings. The zero-order chi connectivity index (χ0) is 55.2. The van der Waals surface area contributed by atoms with E-state index in [0.29, 0.717) is 151 Å². The van der Waals surface area contributed by atoms with Crippen LogP contribution in [0.1, 0.15) is 133 Å². The number of carbonyl (C=O) groups excluding carboxylic acids is 6. The Morgan fingerprint density at radius 1 is 0.286 bits per heavy atom. The van der Waals surface area contributed by atoms with Gasteiger partial charge in [0.15, 0.2) is 0 Å². The van der Waals surface area contributed by atoms with Gasteiger partial charge in [0.25, 0.3) is 0 Å². The van der Waals surface area contributed by atoms with E-state index in [1.807, 2.05) is 60.7 Å². The summed E-state index contributed by atoms with van der Waals surface area (Å²) < 4.78 is 54.4. The Hall–Kier alpha value is -4.86. The number of Topliss-reactive ketones (excluding diaryl/α,β-unsaturated/α-hetero) is 1. The summed E-state index contributed by atoms with van der Waals surface area (Å²) in [6.07, 6.45) is 13.8. The molecule has 0 atom stereocenters. The van der Waals surface area contributed by atoms with Gasteiger partial charge in [-0.05, 0) is 43.2 Å². The fourth-order valence-corrected chi connectivity index (χ4v) is 7.23. The fraction of sp³-hybridized carbons (Fsp3) is 0.690. The van der Waals surface area contributed by atoms with Crippen LogP contribution in [0.2, 0.25) is 0 Å². The van der Waals surface area contributed by atoms with Crippen LogP contribution >= 0.6 is 0 Å². The van der Waals surface area contributed by atoms with Gasteiger partial charge >= 0.3 is 11.9 Å². The highest BCUT2D eigenvalue weighted by Crippen LogP contribution is 2.10. The lowest BCUT2D eigenvalue weighted by atomic mass is 10.1. The molecule has 0 heterocycles. The lowest BCUT2D eigenvalue weighted by Crippen LogP contribution is -2.27. The second kappa shape index (κ2) is 51.9. The van der Waals surface area contributed by atoms with E-state index in [9.17, 15) is 28.8 Å². The standard InChI is InChI=1S/C58H93N3O16/c62-53(23-14-4-1-2-5-15-24-54(63)60-31-39-72-43-47-74-45-41-70-37-28-57(66)76-49-51-19-10-8-11-20-51)26-35-68-33-18-34-69-36-27-56(65)59-30-17-7-3-6-16-25-55(64)61-32-40-73-44-48-75-46-42-71-38-29-58(67)77-50-52-21-12-9-13-22-52/h8-13,19-22H,1-7,14-18,23-50H2,(H,59,65)(H,60,63)(H,61,64). The van der Waals surface area contributed by atoms with Gasteiger partial charge in [-0.3, -0.25) is 28.8 Å². The number of hydrogen-bond donors (Lipinski definition) is 3. The number of carbonyl (C=O) groups is 6. The number of amides is 3. The first-order valence-corrected chi connectivity index (χ1v) is 28.1. The minimum atomic E-state index is -0.301. The average Bonchev–Trinajstić information content (AvgIpc) is 3.43. The van der Waals surface area contributed by atoms with Crippen molar-refractivity contribution < 1.29 is 76.1 Å². The number of ketones is 1. The Morgan fingerprint density at radius 2 is 0.623 bits per heavy atom. The second-order valence-electron chi connectivity index (χ2n) is 18.3. The summed E-state index contributed by atoms with van der Waals surface area (Å²) in [5.74, 6) is -0.382. The predicted molar refractivity (Wildman–Crippen MR) is 291 cm³/mol. The van der Waals surface area contributed by atoms with Crippen LogP contribution in [-0.2, 0) is 89.3 Å². The maximum atomic E-state index is 12.2. The zero-order valence-corrected chi connectivity index (χ0v) is 46.1. The normalized spacial score (nSPS) is 11.1. The summed E-state index contributed by atoms with van der Waals surface area (Å²) in [6, 6.07) is 19.0. The molecule has 2 aromatic carbocycles. The molecular weight excluding hydrogens is 995 g/mol. The molecule has 0 unspecified atom stereocenters. The van der Waals surface area contributed by atoms with Crippen molar-refractivity contribution in [2.24, 2.45) is 0 Å². The molecule has 19 nitrogen and oxygen atoms in total. The van der Waals surface area contributed by atoms with E-state index in [4.69, 9.17) is 47.4 Å². The van der Waals surface area contributed by atoms with Gasteiger partial charge in [0.1, 0.15) is 19.0 Å². The summed E-state index contributed by atoms with van der Waals surface area (Å²) in [5, 5.41) is 8.69. The first-order chi connectivity index (χ1) is 37.8. The molecule has 3 amide bonds. The van der Waals surface area contributed by atoms with Gasteiger partial charge < -0.3 is 63.3 Å². The molecule has 0 bridgehead atoms. The average molecular weight is 1090 g/mol. The number of rotatable bonds is 55. The van der Waals surface area contributed by atoms with Gasteiger partial charge in [-0.1, -0.05) is 106 Å². The molecule has 2 aromatic rings. The Morgan fingerprint density at radius 3 is 1.09 bits per heavy atom. The fourth-order valence-electron chi connectivity index (χ4n) is 7.23. The first kappa shape index (κ1) is 68.2. The number of ether oxygens (including phenoxy) is 10. The van der Waals surface area contributed by atoms with Crippen LogP contribution in [0.3, 0.4) is 0 Å². The highest BCUT2D eigenvalue weighted by Gasteiger charge is 2.08. The van der Waals surface area contributed by atoms with Gasteiger partial charge in [0.2, 0.25) is 17.7 Å².